The minimum atomic E-state index is -3.44. The van der Waals surface area contributed by atoms with E-state index in [4.69, 9.17) is 9.47 Å². The van der Waals surface area contributed by atoms with E-state index in [-0.39, 0.29) is 30.5 Å². The van der Waals surface area contributed by atoms with Gasteiger partial charge in [-0.05, 0) is 53.8 Å². The van der Waals surface area contributed by atoms with E-state index in [1.54, 1.807) is 29.5 Å². The molecule has 3 N–H and O–H groups in total. The number of nitrogens with zero attached hydrogens (tertiary/aromatic N) is 1. The predicted octanol–water partition coefficient (Wildman–Crippen LogP) is 1.49. The summed E-state index contributed by atoms with van der Waals surface area (Å²) in [4.78, 5) is 28.8. The number of rotatable bonds is 4. The molecule has 2 saturated heterocycles. The van der Waals surface area contributed by atoms with Crippen molar-refractivity contribution in [3.8, 4) is 5.75 Å². The van der Waals surface area contributed by atoms with E-state index >= 15 is 0 Å². The fraction of sp³-hybridized carbons (Fsp3) is 0.538. The van der Waals surface area contributed by atoms with E-state index in [9.17, 15) is 18.0 Å². The molecule has 0 spiro atoms. The normalized spacial score (nSPS) is 29.1. The quantitative estimate of drug-likeness (QED) is 0.516. The van der Waals surface area contributed by atoms with Crippen LogP contribution in [-0.4, -0.2) is 81.4 Å². The number of para-hydroxylation sites is 1. The first kappa shape index (κ1) is 27.1. The molecule has 12 heteroatoms. The summed E-state index contributed by atoms with van der Waals surface area (Å²) in [7, 11) is -3.44. The maximum absolute atomic E-state index is 13.5. The lowest BCUT2D eigenvalue weighted by molar-refractivity contribution is -0.127. The highest BCUT2D eigenvalue weighted by Crippen LogP contribution is 2.26. The van der Waals surface area contributed by atoms with E-state index in [0.29, 0.717) is 56.7 Å². The summed E-state index contributed by atoms with van der Waals surface area (Å²) in [6.45, 7) is 1.65. The van der Waals surface area contributed by atoms with Crippen LogP contribution in [0.25, 0.3) is 0 Å². The third-order valence-corrected chi connectivity index (χ3v) is 8.76. The maximum Gasteiger partial charge on any atom is 0.255 e. The second kappa shape index (κ2) is 11.7. The molecule has 206 valence electrons. The fourth-order valence-corrected chi connectivity index (χ4v) is 6.99. The van der Waals surface area contributed by atoms with Crippen molar-refractivity contribution in [3.05, 3.63) is 52.2 Å². The van der Waals surface area contributed by atoms with Crippen LogP contribution in [0.5, 0.6) is 5.75 Å². The van der Waals surface area contributed by atoms with Crippen molar-refractivity contribution in [1.29, 1.82) is 0 Å². The molecule has 0 aliphatic carbocycles. The number of carbonyl (C=O) groups excluding carboxylic acids is 2. The average molecular weight is 563 g/mol. The van der Waals surface area contributed by atoms with Gasteiger partial charge >= 0.3 is 0 Å². The molecule has 2 aromatic rings. The molecule has 3 aliphatic rings. The minimum absolute atomic E-state index is 0.156. The van der Waals surface area contributed by atoms with Crippen LogP contribution in [0.2, 0.25) is 0 Å². The zero-order chi connectivity index (χ0) is 26.7. The van der Waals surface area contributed by atoms with Gasteiger partial charge in [0.1, 0.15) is 5.75 Å². The number of hydrogen-bond acceptors (Lipinski definition) is 8. The summed E-state index contributed by atoms with van der Waals surface area (Å²) in [6, 6.07) is 8.10. The van der Waals surface area contributed by atoms with Crippen LogP contribution in [0.4, 0.5) is 0 Å². The van der Waals surface area contributed by atoms with Crippen molar-refractivity contribution in [2.75, 3.05) is 26.0 Å². The minimum Gasteiger partial charge on any atom is -0.493 e. The smallest absolute Gasteiger partial charge is 0.255 e. The van der Waals surface area contributed by atoms with E-state index < -0.39 is 28.2 Å². The predicted molar refractivity (Wildman–Crippen MR) is 144 cm³/mol. The number of ether oxygens (including phenoxy) is 2. The first-order valence-corrected chi connectivity index (χ1v) is 15.8. The summed E-state index contributed by atoms with van der Waals surface area (Å²) in [6.07, 6.45) is 2.75. The monoisotopic (exact) mass is 562 g/mol. The van der Waals surface area contributed by atoms with Crippen LogP contribution >= 0.6 is 11.3 Å². The lowest BCUT2D eigenvalue weighted by atomic mass is 9.97. The average Bonchev–Trinajstić information content (AvgIpc) is 3.53. The highest BCUT2D eigenvalue weighted by molar-refractivity contribution is 7.88. The Bertz CT molecular complexity index is 1240. The number of benzene rings is 1. The molecule has 2 fully saturated rings. The van der Waals surface area contributed by atoms with Crippen LogP contribution in [0.1, 0.15) is 41.6 Å². The van der Waals surface area contributed by atoms with Gasteiger partial charge in [-0.2, -0.15) is 11.3 Å². The van der Waals surface area contributed by atoms with Gasteiger partial charge in [0.2, 0.25) is 15.9 Å². The molecule has 0 unspecified atom stereocenters. The Morgan fingerprint density at radius 1 is 1.16 bits per heavy atom. The van der Waals surface area contributed by atoms with Crippen LogP contribution in [0, 0.1) is 0 Å². The number of amides is 2. The van der Waals surface area contributed by atoms with Gasteiger partial charge in [-0.25, -0.2) is 13.1 Å². The maximum atomic E-state index is 13.5. The van der Waals surface area contributed by atoms with Crippen molar-refractivity contribution in [3.63, 3.8) is 0 Å². The van der Waals surface area contributed by atoms with Gasteiger partial charge < -0.3 is 20.1 Å². The van der Waals surface area contributed by atoms with Gasteiger partial charge in [0.25, 0.3) is 5.91 Å². The summed E-state index contributed by atoms with van der Waals surface area (Å²) in [5.74, 6) is 0.123. The van der Waals surface area contributed by atoms with Crippen molar-refractivity contribution in [2.45, 2.75) is 62.6 Å². The van der Waals surface area contributed by atoms with Crippen LogP contribution < -0.4 is 20.1 Å². The first-order valence-electron chi connectivity index (χ1n) is 12.9. The van der Waals surface area contributed by atoms with Gasteiger partial charge in [0.05, 0.1) is 36.7 Å². The molecule has 1 aromatic carbocycles. The molecule has 2 amide bonds. The Morgan fingerprint density at radius 2 is 2.00 bits per heavy atom. The first-order chi connectivity index (χ1) is 18.2. The lowest BCUT2D eigenvalue weighted by Crippen LogP contribution is -2.55. The standard InChI is InChI=1S/C26H34N4O6S2/c1-38(33,34)29-21-7-6-19-8-10-35-23-5-3-2-4-20(23)25(31)28-18-12-22(26(32)27-13-24(21)36-19)30(15-18)14-17-9-11-37-16-17/h2-5,9,11,16,18-19,21-22,24,29H,6-8,10,12-15H2,1H3,(H,27,32)(H,28,31)/t18-,19-,21+,22-,24+/m0/s1. The molecule has 38 heavy (non-hydrogen) atoms. The van der Waals surface area contributed by atoms with Crippen molar-refractivity contribution >= 4 is 33.2 Å². The highest BCUT2D eigenvalue weighted by Gasteiger charge is 2.39. The van der Waals surface area contributed by atoms with E-state index in [0.717, 1.165) is 11.8 Å². The molecule has 4 heterocycles. The third-order valence-electron chi connectivity index (χ3n) is 7.29. The Morgan fingerprint density at radius 3 is 2.79 bits per heavy atom. The van der Waals surface area contributed by atoms with Crippen LogP contribution in [0.3, 0.4) is 0 Å². The molecule has 4 bridgehead atoms. The van der Waals surface area contributed by atoms with Crippen molar-refractivity contribution in [2.24, 2.45) is 0 Å². The zero-order valence-corrected chi connectivity index (χ0v) is 22.9. The number of carbonyl (C=O) groups is 2. The van der Waals surface area contributed by atoms with Gasteiger partial charge in [-0.1, -0.05) is 12.1 Å². The van der Waals surface area contributed by atoms with E-state index in [1.165, 1.54) is 0 Å². The van der Waals surface area contributed by atoms with Crippen LogP contribution in [0.15, 0.2) is 41.1 Å². The topological polar surface area (TPSA) is 126 Å². The number of fused-ring (bicyclic) bond motifs is 5. The number of sulfonamides is 1. The molecule has 5 rings (SSSR count). The molecule has 3 aliphatic heterocycles. The molecule has 10 nitrogen and oxygen atoms in total. The summed E-state index contributed by atoms with van der Waals surface area (Å²) < 4.78 is 38.9. The zero-order valence-electron chi connectivity index (χ0n) is 21.3. The highest BCUT2D eigenvalue weighted by atomic mass is 32.2. The number of nitrogens with one attached hydrogen (secondary N) is 3. The largest absolute Gasteiger partial charge is 0.493 e. The molecular formula is C26H34N4O6S2. The second-order valence-corrected chi connectivity index (χ2v) is 12.8. The number of thiophene rings is 1. The van der Waals surface area contributed by atoms with Gasteiger partial charge in [0.15, 0.2) is 0 Å². The second-order valence-electron chi connectivity index (χ2n) is 10.2. The fourth-order valence-electron chi connectivity index (χ4n) is 5.51. The summed E-state index contributed by atoms with van der Waals surface area (Å²) in [5.41, 5.74) is 1.57. The van der Waals surface area contributed by atoms with Crippen molar-refractivity contribution < 1.29 is 27.5 Å². The molecule has 0 saturated carbocycles. The Hall–Kier alpha value is -2.51. The molecular weight excluding hydrogens is 528 g/mol. The lowest BCUT2D eigenvalue weighted by Gasteiger charge is -2.37. The number of likely N-dealkylation sites (tertiary alicyclic amines) is 1. The van der Waals surface area contributed by atoms with E-state index in [2.05, 4.69) is 25.6 Å². The van der Waals surface area contributed by atoms with E-state index in [1.807, 2.05) is 17.5 Å². The van der Waals surface area contributed by atoms with Gasteiger partial charge in [0, 0.05) is 38.1 Å². The van der Waals surface area contributed by atoms with Crippen molar-refractivity contribution in [1.82, 2.24) is 20.3 Å². The Balaban J connectivity index is 1.40. The molecule has 5 atom stereocenters. The number of hydrogen-bond donors (Lipinski definition) is 3. The molecule has 1 aromatic heterocycles. The van der Waals surface area contributed by atoms with Gasteiger partial charge in [-0.3, -0.25) is 14.5 Å². The Kier molecular flexibility index (Phi) is 8.34. The third kappa shape index (κ3) is 6.73. The van der Waals surface area contributed by atoms with Crippen LogP contribution in [-0.2, 0) is 26.1 Å². The SMILES string of the molecule is CS(=O)(=O)N[C@@H]1CC[C@H]2CCOc3ccccc3C(=O)N[C@H]3C[C@@H](C(=O)NC[C@H]1O2)N(Cc1ccsc1)C3. The molecule has 0 radical (unpaired) electrons. The Labute approximate surface area is 227 Å². The summed E-state index contributed by atoms with van der Waals surface area (Å²) in [5, 5.41) is 10.2. The summed E-state index contributed by atoms with van der Waals surface area (Å²) >= 11 is 1.60. The van der Waals surface area contributed by atoms with Gasteiger partial charge in [-0.15, -0.1) is 0 Å².